The number of esters is 1. The molecule has 1 aliphatic rings. The van der Waals surface area contributed by atoms with Crippen molar-refractivity contribution in [3.05, 3.63) is 24.0 Å². The fourth-order valence-electron chi connectivity index (χ4n) is 1.69. The quantitative estimate of drug-likeness (QED) is 0.538. The molecule has 1 fully saturated rings. The largest absolute Gasteiger partial charge is 0.465 e. The number of carbonyl (C=O) groups excluding carboxylic acids is 3. The molecule has 0 spiro atoms. The lowest BCUT2D eigenvalue weighted by Crippen LogP contribution is -2.26. The van der Waals surface area contributed by atoms with Crippen molar-refractivity contribution in [1.82, 2.24) is 4.98 Å². The molecule has 0 aliphatic carbocycles. The molecular weight excluding hydrogens is 224 g/mol. The molecule has 0 bridgehead atoms. The van der Waals surface area contributed by atoms with Crippen LogP contribution in [0.15, 0.2) is 18.5 Å². The van der Waals surface area contributed by atoms with Crippen LogP contribution in [0.5, 0.6) is 0 Å². The van der Waals surface area contributed by atoms with E-state index in [0.717, 1.165) is 0 Å². The van der Waals surface area contributed by atoms with Gasteiger partial charge in [0.15, 0.2) is 5.78 Å². The third kappa shape index (κ3) is 2.01. The zero-order valence-corrected chi connectivity index (χ0v) is 9.17. The van der Waals surface area contributed by atoms with E-state index >= 15 is 0 Å². The van der Waals surface area contributed by atoms with E-state index in [0.29, 0.717) is 5.69 Å². The molecule has 6 nitrogen and oxygen atoms in total. The highest BCUT2D eigenvalue weighted by molar-refractivity contribution is 6.16. The fourth-order valence-corrected chi connectivity index (χ4v) is 1.69. The second-order valence-corrected chi connectivity index (χ2v) is 3.58. The van der Waals surface area contributed by atoms with Crippen LogP contribution in [0.25, 0.3) is 0 Å². The predicted molar refractivity (Wildman–Crippen MR) is 57.6 cm³/mol. The third-order valence-corrected chi connectivity index (χ3v) is 2.48. The van der Waals surface area contributed by atoms with E-state index in [1.165, 1.54) is 30.5 Å². The summed E-state index contributed by atoms with van der Waals surface area (Å²) >= 11 is 0. The zero-order chi connectivity index (χ0) is 12.4. The summed E-state index contributed by atoms with van der Waals surface area (Å²) in [6, 6.07) is 1.52. The molecule has 1 amide bonds. The van der Waals surface area contributed by atoms with Crippen molar-refractivity contribution >= 4 is 23.3 Å². The maximum absolute atomic E-state index is 11.6. The van der Waals surface area contributed by atoms with Crippen molar-refractivity contribution in [3.63, 3.8) is 0 Å². The third-order valence-electron chi connectivity index (χ3n) is 2.48. The van der Waals surface area contributed by atoms with Crippen molar-refractivity contribution < 1.29 is 19.1 Å². The molecule has 1 aromatic rings. The molecule has 88 valence electrons. The average Bonchev–Trinajstić information content (AvgIpc) is 2.67. The molecular formula is C11H10N2O4. The van der Waals surface area contributed by atoms with E-state index in [9.17, 15) is 14.4 Å². The second kappa shape index (κ2) is 4.32. The zero-order valence-electron chi connectivity index (χ0n) is 9.17. The number of carbonyl (C=O) groups is 3. The van der Waals surface area contributed by atoms with Gasteiger partial charge in [-0.3, -0.25) is 14.6 Å². The molecule has 17 heavy (non-hydrogen) atoms. The van der Waals surface area contributed by atoms with Crippen molar-refractivity contribution in [2.45, 2.75) is 6.42 Å². The lowest BCUT2D eigenvalue weighted by Gasteiger charge is -2.17. The van der Waals surface area contributed by atoms with Gasteiger partial charge in [0.05, 0.1) is 25.8 Å². The number of rotatable bonds is 2. The number of methoxy groups -OCH3 is 1. The van der Waals surface area contributed by atoms with Crippen LogP contribution >= 0.6 is 0 Å². The summed E-state index contributed by atoms with van der Waals surface area (Å²) < 4.78 is 4.60. The van der Waals surface area contributed by atoms with Crippen LogP contribution < -0.4 is 4.90 Å². The number of ketones is 1. The van der Waals surface area contributed by atoms with Gasteiger partial charge in [0.25, 0.3) is 0 Å². The highest BCUT2D eigenvalue weighted by Crippen LogP contribution is 2.23. The number of pyridine rings is 1. The Morgan fingerprint density at radius 1 is 1.47 bits per heavy atom. The summed E-state index contributed by atoms with van der Waals surface area (Å²) in [5.41, 5.74) is 0.542. The van der Waals surface area contributed by atoms with Crippen LogP contribution in [0.2, 0.25) is 0 Å². The Kier molecular flexibility index (Phi) is 2.86. The number of nitrogens with zero attached hydrogens (tertiary/aromatic N) is 2. The van der Waals surface area contributed by atoms with Crippen LogP contribution in [0.1, 0.15) is 16.8 Å². The number of Topliss-reactive ketones (excluding diaryl/α,β-unsaturated/α-hetero) is 1. The van der Waals surface area contributed by atoms with Crippen molar-refractivity contribution in [2.24, 2.45) is 0 Å². The molecule has 0 saturated carbocycles. The number of amides is 1. The minimum Gasteiger partial charge on any atom is -0.465 e. The lowest BCUT2D eigenvalue weighted by atomic mass is 10.2. The number of ether oxygens (including phenoxy) is 1. The van der Waals surface area contributed by atoms with Crippen LogP contribution in [-0.4, -0.2) is 36.3 Å². The Morgan fingerprint density at radius 3 is 2.82 bits per heavy atom. The molecule has 1 aliphatic heterocycles. The van der Waals surface area contributed by atoms with Gasteiger partial charge in [0.1, 0.15) is 5.56 Å². The topological polar surface area (TPSA) is 76.6 Å². The van der Waals surface area contributed by atoms with Gasteiger partial charge < -0.3 is 9.64 Å². The molecule has 0 unspecified atom stereocenters. The molecule has 0 aromatic carbocycles. The summed E-state index contributed by atoms with van der Waals surface area (Å²) in [5.74, 6) is -1.06. The van der Waals surface area contributed by atoms with Crippen molar-refractivity contribution in [2.75, 3.05) is 18.6 Å². The second-order valence-electron chi connectivity index (χ2n) is 3.58. The molecule has 0 atom stereocenters. The Balaban J connectivity index is 2.42. The van der Waals surface area contributed by atoms with E-state index in [2.05, 4.69) is 9.72 Å². The molecule has 2 heterocycles. The van der Waals surface area contributed by atoms with Gasteiger partial charge in [-0.25, -0.2) is 4.79 Å². The standard InChI is InChI=1S/C11H10N2O4/c1-17-11(16)8-5-12-3-2-9(8)13-6-7(14)4-10(13)15/h2-3,5H,4,6H2,1H3. The van der Waals surface area contributed by atoms with Gasteiger partial charge in [-0.2, -0.15) is 0 Å². The van der Waals surface area contributed by atoms with Gasteiger partial charge in [0, 0.05) is 12.4 Å². The SMILES string of the molecule is COC(=O)c1cnccc1N1CC(=O)CC1=O. The van der Waals surface area contributed by atoms with E-state index in [1.807, 2.05) is 0 Å². The average molecular weight is 234 g/mol. The van der Waals surface area contributed by atoms with E-state index in [-0.39, 0.29) is 30.2 Å². The molecule has 1 saturated heterocycles. The molecule has 2 rings (SSSR count). The van der Waals surface area contributed by atoms with Crippen LogP contribution in [0.3, 0.4) is 0 Å². The first kappa shape index (κ1) is 11.3. The van der Waals surface area contributed by atoms with Gasteiger partial charge in [-0.1, -0.05) is 0 Å². The molecule has 0 N–H and O–H groups in total. The van der Waals surface area contributed by atoms with Crippen LogP contribution in [0.4, 0.5) is 5.69 Å². The van der Waals surface area contributed by atoms with E-state index < -0.39 is 5.97 Å². The highest BCUT2D eigenvalue weighted by Gasteiger charge is 2.31. The van der Waals surface area contributed by atoms with Gasteiger partial charge in [-0.05, 0) is 6.07 Å². The summed E-state index contributed by atoms with van der Waals surface area (Å²) in [5, 5.41) is 0. The molecule has 6 heteroatoms. The highest BCUT2D eigenvalue weighted by atomic mass is 16.5. The maximum atomic E-state index is 11.6. The van der Waals surface area contributed by atoms with Crippen molar-refractivity contribution in [1.29, 1.82) is 0 Å². The van der Waals surface area contributed by atoms with E-state index in [1.54, 1.807) is 0 Å². The molecule has 1 aromatic heterocycles. The van der Waals surface area contributed by atoms with E-state index in [4.69, 9.17) is 0 Å². The first-order chi connectivity index (χ1) is 8.13. The number of anilines is 1. The Morgan fingerprint density at radius 2 is 2.24 bits per heavy atom. The van der Waals surface area contributed by atoms with Crippen LogP contribution in [0, 0.1) is 0 Å². The first-order valence-corrected chi connectivity index (χ1v) is 4.98. The van der Waals surface area contributed by atoms with Gasteiger partial charge in [0.2, 0.25) is 5.91 Å². The minimum atomic E-state index is -0.583. The smallest absolute Gasteiger partial charge is 0.341 e. The summed E-state index contributed by atoms with van der Waals surface area (Å²) in [6.07, 6.45) is 2.65. The first-order valence-electron chi connectivity index (χ1n) is 4.98. The van der Waals surface area contributed by atoms with Gasteiger partial charge in [-0.15, -0.1) is 0 Å². The minimum absolute atomic E-state index is 0.00710. The predicted octanol–water partition coefficient (Wildman–Crippen LogP) is 0.174. The van der Waals surface area contributed by atoms with Crippen molar-refractivity contribution in [3.8, 4) is 0 Å². The normalized spacial score (nSPS) is 15.2. The summed E-state index contributed by atoms with van der Waals surface area (Å²) in [7, 11) is 1.25. The molecule has 0 radical (unpaired) electrons. The van der Waals surface area contributed by atoms with Gasteiger partial charge >= 0.3 is 5.97 Å². The fraction of sp³-hybridized carbons (Fsp3) is 0.273. The Hall–Kier alpha value is -2.24. The number of hydrogen-bond donors (Lipinski definition) is 0. The monoisotopic (exact) mass is 234 g/mol. The maximum Gasteiger partial charge on any atom is 0.341 e. The Bertz CT molecular complexity index is 498. The summed E-state index contributed by atoms with van der Waals surface area (Å²) in [4.78, 5) is 39.3. The van der Waals surface area contributed by atoms with Crippen LogP contribution in [-0.2, 0) is 14.3 Å². The number of aromatic nitrogens is 1. The lowest BCUT2D eigenvalue weighted by molar-refractivity contribution is -0.121. The Labute approximate surface area is 97.2 Å². The summed E-state index contributed by atoms with van der Waals surface area (Å²) in [6.45, 7) is -0.00710. The number of hydrogen-bond acceptors (Lipinski definition) is 5.